The number of rotatable bonds is 0. The Kier molecular flexibility index (Phi) is 1.45. The average Bonchev–Trinajstić information content (AvgIpc) is 2.85. The molecule has 4 aromatic rings. The van der Waals surface area contributed by atoms with Crippen molar-refractivity contribution in [1.29, 1.82) is 0 Å². The summed E-state index contributed by atoms with van der Waals surface area (Å²) in [5.74, 6) is 0. The van der Waals surface area contributed by atoms with E-state index in [1.807, 2.05) is 42.5 Å². The van der Waals surface area contributed by atoms with Gasteiger partial charge in [0.25, 0.3) is 5.56 Å². The minimum absolute atomic E-state index is 0.0469. The molecular weight excluding hydrogens is 212 g/mol. The fourth-order valence-corrected chi connectivity index (χ4v) is 2.52. The number of pyridine rings is 1. The second-order valence-corrected chi connectivity index (χ2v) is 4.14. The third kappa shape index (κ3) is 0.959. The van der Waals surface area contributed by atoms with Crippen LogP contribution in [0.4, 0.5) is 0 Å². The molecule has 0 aliphatic carbocycles. The van der Waals surface area contributed by atoms with Gasteiger partial charge in [-0.3, -0.25) is 4.79 Å². The summed E-state index contributed by atoms with van der Waals surface area (Å²) in [5, 5.41) is 8.03. The molecule has 0 fully saturated rings. The Morgan fingerprint density at radius 1 is 0.941 bits per heavy atom. The van der Waals surface area contributed by atoms with Gasteiger partial charge in [-0.1, -0.05) is 30.3 Å². The summed E-state index contributed by atoms with van der Waals surface area (Å²) in [6.07, 6.45) is 1.66. The van der Waals surface area contributed by atoms with E-state index in [-0.39, 0.29) is 5.56 Å². The highest BCUT2D eigenvalue weighted by Crippen LogP contribution is 2.27. The monoisotopic (exact) mass is 220 g/mol. The SMILES string of the molecule is O=c1c2cccc3cccc(c32)c2ccnn12. The van der Waals surface area contributed by atoms with E-state index in [1.54, 1.807) is 6.20 Å². The first-order valence-electron chi connectivity index (χ1n) is 5.47. The zero-order chi connectivity index (χ0) is 11.4. The van der Waals surface area contributed by atoms with Crippen LogP contribution in [0.5, 0.6) is 0 Å². The molecule has 0 amide bonds. The zero-order valence-corrected chi connectivity index (χ0v) is 8.92. The van der Waals surface area contributed by atoms with Crippen LogP contribution in [0.25, 0.3) is 27.1 Å². The van der Waals surface area contributed by atoms with Gasteiger partial charge in [0.15, 0.2) is 0 Å². The van der Waals surface area contributed by atoms with Crippen LogP contribution in [0, 0.1) is 0 Å². The maximum atomic E-state index is 12.3. The molecule has 3 nitrogen and oxygen atoms in total. The summed E-state index contributed by atoms with van der Waals surface area (Å²) < 4.78 is 1.47. The molecule has 4 rings (SSSR count). The van der Waals surface area contributed by atoms with E-state index in [4.69, 9.17) is 0 Å². The molecule has 80 valence electrons. The van der Waals surface area contributed by atoms with E-state index in [1.165, 1.54) is 4.52 Å². The molecule has 0 aliphatic heterocycles. The van der Waals surface area contributed by atoms with Gasteiger partial charge >= 0.3 is 0 Å². The van der Waals surface area contributed by atoms with E-state index < -0.39 is 0 Å². The molecule has 0 spiro atoms. The van der Waals surface area contributed by atoms with Crippen LogP contribution in [0.3, 0.4) is 0 Å². The maximum Gasteiger partial charge on any atom is 0.279 e. The van der Waals surface area contributed by atoms with E-state index in [2.05, 4.69) is 5.10 Å². The lowest BCUT2D eigenvalue weighted by Crippen LogP contribution is -2.14. The topological polar surface area (TPSA) is 34.4 Å². The quantitative estimate of drug-likeness (QED) is 0.456. The summed E-state index contributed by atoms with van der Waals surface area (Å²) in [5.41, 5.74) is 0.827. The highest BCUT2D eigenvalue weighted by atomic mass is 16.1. The molecule has 0 unspecified atom stereocenters. The largest absolute Gasteiger partial charge is 0.279 e. The summed E-state index contributed by atoms with van der Waals surface area (Å²) in [4.78, 5) is 12.3. The van der Waals surface area contributed by atoms with Crippen LogP contribution in [-0.4, -0.2) is 9.61 Å². The van der Waals surface area contributed by atoms with Crippen LogP contribution < -0.4 is 5.56 Å². The van der Waals surface area contributed by atoms with Crippen molar-refractivity contribution in [2.75, 3.05) is 0 Å². The third-order valence-corrected chi connectivity index (χ3v) is 3.25. The van der Waals surface area contributed by atoms with Gasteiger partial charge < -0.3 is 0 Å². The first kappa shape index (κ1) is 8.70. The second kappa shape index (κ2) is 2.83. The van der Waals surface area contributed by atoms with Crippen molar-refractivity contribution in [3.8, 4) is 0 Å². The summed E-state index contributed by atoms with van der Waals surface area (Å²) in [6, 6.07) is 13.7. The molecule has 0 aliphatic rings. The summed E-state index contributed by atoms with van der Waals surface area (Å²) in [6.45, 7) is 0. The Hall–Kier alpha value is -2.42. The van der Waals surface area contributed by atoms with Gasteiger partial charge in [0, 0.05) is 10.8 Å². The van der Waals surface area contributed by atoms with Crippen LogP contribution >= 0.6 is 0 Å². The van der Waals surface area contributed by atoms with E-state index in [9.17, 15) is 4.79 Å². The molecule has 0 N–H and O–H groups in total. The van der Waals surface area contributed by atoms with Gasteiger partial charge in [0.2, 0.25) is 0 Å². The van der Waals surface area contributed by atoms with E-state index in [0.29, 0.717) is 0 Å². The third-order valence-electron chi connectivity index (χ3n) is 3.25. The number of aromatic nitrogens is 2. The molecule has 17 heavy (non-hydrogen) atoms. The van der Waals surface area contributed by atoms with Gasteiger partial charge in [-0.15, -0.1) is 0 Å². The normalized spacial score (nSPS) is 11.8. The average molecular weight is 220 g/mol. The number of hydrogen-bond donors (Lipinski definition) is 0. The van der Waals surface area contributed by atoms with Gasteiger partial charge in [-0.2, -0.15) is 9.61 Å². The highest BCUT2D eigenvalue weighted by Gasteiger charge is 2.10. The smallest absolute Gasteiger partial charge is 0.267 e. The van der Waals surface area contributed by atoms with Crippen molar-refractivity contribution in [2.24, 2.45) is 0 Å². The first-order chi connectivity index (χ1) is 8.36. The summed E-state index contributed by atoms with van der Waals surface area (Å²) >= 11 is 0. The summed E-state index contributed by atoms with van der Waals surface area (Å²) in [7, 11) is 0. The van der Waals surface area contributed by atoms with Gasteiger partial charge in [0.05, 0.1) is 17.1 Å². The van der Waals surface area contributed by atoms with Crippen molar-refractivity contribution >= 4 is 27.1 Å². The van der Waals surface area contributed by atoms with Crippen molar-refractivity contribution in [2.45, 2.75) is 0 Å². The van der Waals surface area contributed by atoms with E-state index >= 15 is 0 Å². The maximum absolute atomic E-state index is 12.3. The lowest BCUT2D eigenvalue weighted by atomic mass is 10.0. The van der Waals surface area contributed by atoms with Crippen molar-refractivity contribution in [3.63, 3.8) is 0 Å². The predicted molar refractivity (Wildman–Crippen MR) is 67.7 cm³/mol. The number of hydrogen-bond acceptors (Lipinski definition) is 2. The fraction of sp³-hybridized carbons (Fsp3) is 0. The highest BCUT2D eigenvalue weighted by molar-refractivity contribution is 6.14. The van der Waals surface area contributed by atoms with Gasteiger partial charge in [-0.25, -0.2) is 0 Å². The van der Waals surface area contributed by atoms with Crippen molar-refractivity contribution < 1.29 is 0 Å². The number of benzene rings is 2. The molecule has 0 bridgehead atoms. The van der Waals surface area contributed by atoms with Crippen LogP contribution in [0.2, 0.25) is 0 Å². The second-order valence-electron chi connectivity index (χ2n) is 4.14. The standard InChI is InChI=1S/C14H8N2O/c17-14-11-6-2-4-9-3-1-5-10(13(9)11)12-7-8-15-16(12)14/h1-8H. The molecule has 2 aromatic heterocycles. The molecule has 2 heterocycles. The molecule has 0 radical (unpaired) electrons. The molecule has 3 heteroatoms. The number of fused-ring (bicyclic) bond motifs is 2. The van der Waals surface area contributed by atoms with Crippen LogP contribution in [-0.2, 0) is 0 Å². The lowest BCUT2D eigenvalue weighted by Gasteiger charge is -2.05. The molecule has 0 saturated heterocycles. The zero-order valence-electron chi connectivity index (χ0n) is 8.92. The Morgan fingerprint density at radius 2 is 1.71 bits per heavy atom. The van der Waals surface area contributed by atoms with Gasteiger partial charge in [-0.05, 0) is 17.5 Å². The molecule has 2 aromatic carbocycles. The van der Waals surface area contributed by atoms with Crippen LogP contribution in [0.15, 0.2) is 53.5 Å². The molecule has 0 saturated carbocycles. The molecule has 0 atom stereocenters. The lowest BCUT2D eigenvalue weighted by molar-refractivity contribution is 0.934. The Morgan fingerprint density at radius 3 is 2.53 bits per heavy atom. The first-order valence-corrected chi connectivity index (χ1v) is 5.47. The number of nitrogens with zero attached hydrogens (tertiary/aromatic N) is 2. The predicted octanol–water partition coefficient (Wildman–Crippen LogP) is 2.44. The van der Waals surface area contributed by atoms with Crippen molar-refractivity contribution in [1.82, 2.24) is 9.61 Å². The van der Waals surface area contributed by atoms with Crippen LogP contribution in [0.1, 0.15) is 0 Å². The van der Waals surface area contributed by atoms with E-state index in [0.717, 1.165) is 27.1 Å². The fourth-order valence-electron chi connectivity index (χ4n) is 2.52. The van der Waals surface area contributed by atoms with Gasteiger partial charge in [0.1, 0.15) is 0 Å². The Labute approximate surface area is 96.3 Å². The minimum Gasteiger partial charge on any atom is -0.267 e. The van der Waals surface area contributed by atoms with Crippen molar-refractivity contribution in [3.05, 3.63) is 59.0 Å². The Bertz CT molecular complexity index is 903. The Balaban J connectivity index is 2.56. The molecular formula is C14H8N2O. The minimum atomic E-state index is -0.0469.